The van der Waals surface area contributed by atoms with Crippen LogP contribution >= 0.6 is 0 Å². The van der Waals surface area contributed by atoms with E-state index in [1.54, 1.807) is 6.07 Å². The molecule has 0 unspecified atom stereocenters. The summed E-state index contributed by atoms with van der Waals surface area (Å²) < 4.78 is 0. The highest BCUT2D eigenvalue weighted by molar-refractivity contribution is 6.06. The lowest BCUT2D eigenvalue weighted by Gasteiger charge is -2.06. The molecule has 0 aliphatic heterocycles. The van der Waals surface area contributed by atoms with Crippen LogP contribution in [0.1, 0.15) is 16.2 Å². The van der Waals surface area contributed by atoms with Crippen LogP contribution in [-0.4, -0.2) is 26.5 Å². The summed E-state index contributed by atoms with van der Waals surface area (Å²) in [5.41, 5.74) is 0.640. The molecular weight excluding hydrogens is 242 g/mol. The summed E-state index contributed by atoms with van der Waals surface area (Å²) in [6.45, 7) is 0.249. The number of H-pyrrole nitrogens is 1. The largest absolute Gasteiger partial charge is 0.345 e. The van der Waals surface area contributed by atoms with Crippen LogP contribution in [0.5, 0.6) is 0 Å². The number of amides is 1. The fourth-order valence-corrected chi connectivity index (χ4v) is 1.94. The van der Waals surface area contributed by atoms with Crippen molar-refractivity contribution in [3.8, 4) is 0 Å². The monoisotopic (exact) mass is 253 g/mol. The van der Waals surface area contributed by atoms with Gasteiger partial charge in [-0.3, -0.25) is 4.79 Å². The normalized spacial score (nSPS) is 10.5. The molecule has 94 valence electrons. The molecule has 2 N–H and O–H groups in total. The Labute approximate surface area is 108 Å². The van der Waals surface area contributed by atoms with Gasteiger partial charge in [-0.1, -0.05) is 41.6 Å². The van der Waals surface area contributed by atoms with Crippen molar-refractivity contribution in [2.75, 3.05) is 0 Å². The maximum atomic E-state index is 12.2. The fourth-order valence-electron chi connectivity index (χ4n) is 1.94. The molecule has 2 aromatic carbocycles. The highest BCUT2D eigenvalue weighted by atomic mass is 16.1. The first-order valence-corrected chi connectivity index (χ1v) is 5.83. The summed E-state index contributed by atoms with van der Waals surface area (Å²) in [5, 5.41) is 18.1. The highest BCUT2D eigenvalue weighted by Crippen LogP contribution is 2.18. The Morgan fingerprint density at radius 1 is 1.16 bits per heavy atom. The van der Waals surface area contributed by atoms with E-state index in [2.05, 4.69) is 25.9 Å². The van der Waals surface area contributed by atoms with Crippen LogP contribution in [0, 0.1) is 0 Å². The average molecular weight is 253 g/mol. The number of aromatic amines is 1. The standard InChI is InChI=1S/C13H11N5O/c19-13(14-8-12-15-17-18-16-12)11-7-3-5-9-4-1-2-6-10(9)11/h1-7H,8H2,(H,14,19)(H,15,16,17,18). The van der Waals surface area contributed by atoms with E-state index < -0.39 is 0 Å². The van der Waals surface area contributed by atoms with Gasteiger partial charge in [0.05, 0.1) is 6.54 Å². The van der Waals surface area contributed by atoms with E-state index >= 15 is 0 Å². The molecule has 3 rings (SSSR count). The summed E-state index contributed by atoms with van der Waals surface area (Å²) in [5.74, 6) is 0.301. The van der Waals surface area contributed by atoms with Crippen molar-refractivity contribution in [1.29, 1.82) is 0 Å². The van der Waals surface area contributed by atoms with Crippen LogP contribution in [0.2, 0.25) is 0 Å². The fraction of sp³-hybridized carbons (Fsp3) is 0.0769. The highest BCUT2D eigenvalue weighted by Gasteiger charge is 2.10. The van der Waals surface area contributed by atoms with Gasteiger partial charge < -0.3 is 5.32 Å². The van der Waals surface area contributed by atoms with Gasteiger partial charge in [0.2, 0.25) is 0 Å². The van der Waals surface area contributed by atoms with Crippen molar-refractivity contribution in [2.24, 2.45) is 0 Å². The molecule has 0 radical (unpaired) electrons. The molecule has 6 nitrogen and oxygen atoms in total. The third kappa shape index (κ3) is 2.28. The first-order chi connectivity index (χ1) is 9.34. The van der Waals surface area contributed by atoms with Crippen LogP contribution in [0.25, 0.3) is 10.8 Å². The number of aromatic nitrogens is 4. The Kier molecular flexibility index (Phi) is 2.89. The van der Waals surface area contributed by atoms with E-state index in [-0.39, 0.29) is 12.5 Å². The zero-order valence-electron chi connectivity index (χ0n) is 10.00. The van der Waals surface area contributed by atoms with Crippen LogP contribution < -0.4 is 5.32 Å². The van der Waals surface area contributed by atoms with Crippen molar-refractivity contribution in [2.45, 2.75) is 6.54 Å². The van der Waals surface area contributed by atoms with E-state index in [1.807, 2.05) is 36.4 Å². The maximum Gasteiger partial charge on any atom is 0.252 e. The molecule has 0 saturated heterocycles. The van der Waals surface area contributed by atoms with Gasteiger partial charge in [0.15, 0.2) is 5.82 Å². The molecule has 0 aliphatic rings. The molecule has 0 bridgehead atoms. The Bertz CT molecular complexity index is 703. The third-order valence-electron chi connectivity index (χ3n) is 2.83. The second kappa shape index (κ2) is 4.85. The molecule has 3 aromatic rings. The van der Waals surface area contributed by atoms with Gasteiger partial charge in [0.25, 0.3) is 5.91 Å². The lowest BCUT2D eigenvalue weighted by molar-refractivity contribution is 0.0951. The van der Waals surface area contributed by atoms with E-state index in [1.165, 1.54) is 0 Å². The quantitative estimate of drug-likeness (QED) is 0.736. The zero-order valence-corrected chi connectivity index (χ0v) is 10.00. The van der Waals surface area contributed by atoms with E-state index in [9.17, 15) is 4.79 Å². The predicted octanol–water partition coefficient (Wildman–Crippen LogP) is 1.28. The van der Waals surface area contributed by atoms with Crippen LogP contribution in [0.3, 0.4) is 0 Å². The third-order valence-corrected chi connectivity index (χ3v) is 2.83. The van der Waals surface area contributed by atoms with Gasteiger partial charge in [-0.05, 0) is 16.8 Å². The number of hydrogen-bond acceptors (Lipinski definition) is 4. The van der Waals surface area contributed by atoms with Crippen molar-refractivity contribution in [1.82, 2.24) is 25.9 Å². The van der Waals surface area contributed by atoms with Gasteiger partial charge in [0, 0.05) is 5.56 Å². The topological polar surface area (TPSA) is 83.6 Å². The predicted molar refractivity (Wildman–Crippen MR) is 69.3 cm³/mol. The van der Waals surface area contributed by atoms with Crippen LogP contribution in [-0.2, 0) is 6.54 Å². The molecule has 0 aliphatic carbocycles. The van der Waals surface area contributed by atoms with Crippen LogP contribution in [0.4, 0.5) is 0 Å². The Morgan fingerprint density at radius 3 is 2.84 bits per heavy atom. The number of nitrogens with one attached hydrogen (secondary N) is 2. The Hall–Kier alpha value is -2.76. The molecule has 0 atom stereocenters. The number of hydrogen-bond donors (Lipinski definition) is 2. The first-order valence-electron chi connectivity index (χ1n) is 5.83. The molecule has 19 heavy (non-hydrogen) atoms. The average Bonchev–Trinajstić information content (AvgIpc) is 2.97. The molecule has 6 heteroatoms. The smallest absolute Gasteiger partial charge is 0.252 e. The van der Waals surface area contributed by atoms with Crippen molar-refractivity contribution in [3.05, 3.63) is 53.9 Å². The lowest BCUT2D eigenvalue weighted by atomic mass is 10.0. The van der Waals surface area contributed by atoms with Gasteiger partial charge in [-0.2, -0.15) is 5.21 Å². The number of fused-ring (bicyclic) bond motifs is 1. The maximum absolute atomic E-state index is 12.2. The van der Waals surface area contributed by atoms with Crippen LogP contribution in [0.15, 0.2) is 42.5 Å². The summed E-state index contributed by atoms with van der Waals surface area (Å²) in [6.07, 6.45) is 0. The van der Waals surface area contributed by atoms with Gasteiger partial charge >= 0.3 is 0 Å². The zero-order chi connectivity index (χ0) is 13.1. The SMILES string of the molecule is O=C(NCc1nn[nH]n1)c1cccc2ccccc12. The summed E-state index contributed by atoms with van der Waals surface area (Å²) in [4.78, 5) is 12.2. The first kappa shape index (κ1) is 11.3. The number of carbonyl (C=O) groups excluding carboxylic acids is 1. The lowest BCUT2D eigenvalue weighted by Crippen LogP contribution is -2.23. The number of benzene rings is 2. The molecular formula is C13H11N5O. The van der Waals surface area contributed by atoms with Crippen molar-refractivity contribution < 1.29 is 4.79 Å². The molecule has 1 aromatic heterocycles. The van der Waals surface area contributed by atoms with E-state index in [0.717, 1.165) is 10.8 Å². The minimum absolute atomic E-state index is 0.151. The second-order valence-electron chi connectivity index (χ2n) is 4.04. The molecule has 0 fully saturated rings. The number of nitrogens with zero attached hydrogens (tertiary/aromatic N) is 3. The minimum atomic E-state index is -0.151. The Balaban J connectivity index is 1.85. The molecule has 1 amide bonds. The molecule has 0 saturated carbocycles. The summed E-state index contributed by atoms with van der Waals surface area (Å²) in [6, 6.07) is 13.4. The van der Waals surface area contributed by atoms with Crippen molar-refractivity contribution in [3.63, 3.8) is 0 Å². The number of carbonyl (C=O) groups is 1. The second-order valence-corrected chi connectivity index (χ2v) is 4.04. The molecule has 0 spiro atoms. The van der Waals surface area contributed by atoms with E-state index in [4.69, 9.17) is 0 Å². The number of tetrazole rings is 1. The van der Waals surface area contributed by atoms with Gasteiger partial charge in [-0.25, -0.2) is 0 Å². The molecule has 1 heterocycles. The number of rotatable bonds is 3. The Morgan fingerprint density at radius 2 is 2.00 bits per heavy atom. The van der Waals surface area contributed by atoms with Gasteiger partial charge in [0.1, 0.15) is 0 Å². The summed E-state index contributed by atoms with van der Waals surface area (Å²) >= 11 is 0. The van der Waals surface area contributed by atoms with Gasteiger partial charge in [-0.15, -0.1) is 10.2 Å². The summed E-state index contributed by atoms with van der Waals surface area (Å²) in [7, 11) is 0. The van der Waals surface area contributed by atoms with Crippen molar-refractivity contribution >= 4 is 16.7 Å². The minimum Gasteiger partial charge on any atom is -0.345 e. The van der Waals surface area contributed by atoms with E-state index in [0.29, 0.717) is 11.4 Å².